The van der Waals surface area contributed by atoms with Gasteiger partial charge in [-0.3, -0.25) is 0 Å². The fourth-order valence-corrected chi connectivity index (χ4v) is 2.38. The van der Waals surface area contributed by atoms with Gasteiger partial charge in [0.25, 0.3) is 0 Å². The third-order valence-electron chi connectivity index (χ3n) is 1.92. The van der Waals surface area contributed by atoms with Crippen molar-refractivity contribution in [3.05, 3.63) is 0 Å². The van der Waals surface area contributed by atoms with E-state index in [1.54, 1.807) is 0 Å². The van der Waals surface area contributed by atoms with Crippen LogP contribution in [0.5, 0.6) is 0 Å². The van der Waals surface area contributed by atoms with Crippen LogP contribution in [0, 0.1) is 5.92 Å². The van der Waals surface area contributed by atoms with Crippen molar-refractivity contribution in [3.63, 3.8) is 0 Å². The van der Waals surface area contributed by atoms with Crippen LogP contribution in [-0.2, 0) is 10.0 Å². The highest BCUT2D eigenvalue weighted by Gasteiger charge is 2.21. The second-order valence-corrected chi connectivity index (χ2v) is 5.44. The van der Waals surface area contributed by atoms with Gasteiger partial charge in [0.15, 0.2) is 0 Å². The minimum atomic E-state index is -3.08. The van der Waals surface area contributed by atoms with Crippen molar-refractivity contribution >= 4 is 21.6 Å². The molecule has 1 aliphatic rings. The Bertz CT molecular complexity index is 224. The van der Waals surface area contributed by atoms with Crippen molar-refractivity contribution in [3.8, 4) is 0 Å². The molecule has 0 aromatic heterocycles. The minimum Gasteiger partial charge on any atom is -0.215 e. The minimum absolute atomic E-state index is 0.0270. The average Bonchev–Trinajstić information content (AvgIpc) is 2.70. The zero-order valence-corrected chi connectivity index (χ0v) is 8.50. The molecule has 0 aromatic carbocycles. The molecular weight excluding hydrogens is 198 g/mol. The number of hydrogen-bond acceptors (Lipinski definition) is 2. The maximum atomic E-state index is 11.0. The summed E-state index contributed by atoms with van der Waals surface area (Å²) in [4.78, 5) is 0. The Kier molecular flexibility index (Phi) is 3.80. The zero-order chi connectivity index (χ0) is 9.03. The molecule has 0 radical (unpaired) electrons. The first-order chi connectivity index (χ1) is 5.64. The van der Waals surface area contributed by atoms with Gasteiger partial charge >= 0.3 is 0 Å². The van der Waals surface area contributed by atoms with Crippen molar-refractivity contribution in [2.24, 2.45) is 5.92 Å². The molecule has 1 saturated carbocycles. The highest BCUT2D eigenvalue weighted by Crippen LogP contribution is 2.31. The fraction of sp³-hybridized carbons (Fsp3) is 1.00. The van der Waals surface area contributed by atoms with Gasteiger partial charge in [-0.05, 0) is 12.3 Å². The number of sulfonamides is 1. The molecule has 0 unspecified atom stereocenters. The molecule has 12 heavy (non-hydrogen) atoms. The zero-order valence-electron chi connectivity index (χ0n) is 6.92. The highest BCUT2D eigenvalue weighted by atomic mass is 35.5. The Balaban J connectivity index is 2.10. The molecule has 0 aromatic rings. The molecule has 3 nitrogen and oxygen atoms in total. The Morgan fingerprint density at radius 3 is 2.58 bits per heavy atom. The molecule has 0 aliphatic heterocycles. The molecule has 0 spiro atoms. The summed E-state index contributed by atoms with van der Waals surface area (Å²) in [5.41, 5.74) is 0. The standard InChI is InChI=1S/C7H14ClNO2S/c8-4-6-12(10,11)9-5-3-7-1-2-7/h7,9H,1-6H2. The first kappa shape index (κ1) is 10.3. The molecular formula is C7H14ClNO2S. The maximum absolute atomic E-state index is 11.0. The van der Waals surface area contributed by atoms with Gasteiger partial charge in [-0.15, -0.1) is 11.6 Å². The van der Waals surface area contributed by atoms with E-state index in [0.29, 0.717) is 6.54 Å². The molecule has 72 valence electrons. The van der Waals surface area contributed by atoms with Crippen LogP contribution in [-0.4, -0.2) is 26.6 Å². The van der Waals surface area contributed by atoms with Crippen molar-refractivity contribution in [1.29, 1.82) is 0 Å². The summed E-state index contributed by atoms with van der Waals surface area (Å²) in [5.74, 6) is 0.960. The second kappa shape index (κ2) is 4.44. The van der Waals surface area contributed by atoms with E-state index < -0.39 is 10.0 Å². The molecule has 0 amide bonds. The first-order valence-electron chi connectivity index (χ1n) is 4.17. The Labute approximate surface area is 78.5 Å². The van der Waals surface area contributed by atoms with Crippen LogP contribution in [0.2, 0.25) is 0 Å². The lowest BCUT2D eigenvalue weighted by Gasteiger charge is -2.03. The first-order valence-corrected chi connectivity index (χ1v) is 6.36. The lowest BCUT2D eigenvalue weighted by molar-refractivity contribution is 0.577. The third kappa shape index (κ3) is 4.28. The van der Waals surface area contributed by atoms with Gasteiger partial charge in [-0.2, -0.15) is 0 Å². The van der Waals surface area contributed by atoms with Gasteiger partial charge in [-0.1, -0.05) is 12.8 Å². The van der Waals surface area contributed by atoms with E-state index in [2.05, 4.69) is 4.72 Å². The van der Waals surface area contributed by atoms with Crippen LogP contribution in [0.3, 0.4) is 0 Å². The normalized spacial score (nSPS) is 18.1. The van der Waals surface area contributed by atoms with Crippen molar-refractivity contribution in [2.75, 3.05) is 18.2 Å². The van der Waals surface area contributed by atoms with Crippen LogP contribution in [0.4, 0.5) is 0 Å². The highest BCUT2D eigenvalue weighted by molar-refractivity contribution is 7.89. The van der Waals surface area contributed by atoms with Gasteiger partial charge in [0, 0.05) is 12.4 Å². The molecule has 1 aliphatic carbocycles. The summed E-state index contributed by atoms with van der Waals surface area (Å²) >= 11 is 5.32. The van der Waals surface area contributed by atoms with Crippen LogP contribution in [0.25, 0.3) is 0 Å². The van der Waals surface area contributed by atoms with Gasteiger partial charge in [0.1, 0.15) is 0 Å². The topological polar surface area (TPSA) is 46.2 Å². The van der Waals surface area contributed by atoms with E-state index in [0.717, 1.165) is 12.3 Å². The van der Waals surface area contributed by atoms with Gasteiger partial charge in [-0.25, -0.2) is 13.1 Å². The monoisotopic (exact) mass is 211 g/mol. The molecule has 0 saturated heterocycles. The fourth-order valence-electron chi connectivity index (χ4n) is 0.999. The summed E-state index contributed by atoms with van der Waals surface area (Å²) in [6.45, 7) is 0.573. The summed E-state index contributed by atoms with van der Waals surface area (Å²) in [7, 11) is -3.08. The molecule has 1 rings (SSSR count). The van der Waals surface area contributed by atoms with Crippen LogP contribution < -0.4 is 4.72 Å². The third-order valence-corrected chi connectivity index (χ3v) is 3.72. The van der Waals surface area contributed by atoms with E-state index in [1.807, 2.05) is 0 Å². The molecule has 0 bridgehead atoms. The lowest BCUT2D eigenvalue weighted by Crippen LogP contribution is -2.28. The number of hydrogen-bond donors (Lipinski definition) is 1. The van der Waals surface area contributed by atoms with Gasteiger partial charge < -0.3 is 0 Å². The van der Waals surface area contributed by atoms with Gasteiger partial charge in [0.05, 0.1) is 5.75 Å². The van der Waals surface area contributed by atoms with E-state index in [-0.39, 0.29) is 11.6 Å². The van der Waals surface area contributed by atoms with Crippen molar-refractivity contribution in [2.45, 2.75) is 19.3 Å². The number of rotatable bonds is 6. The van der Waals surface area contributed by atoms with Crippen LogP contribution in [0.15, 0.2) is 0 Å². The SMILES string of the molecule is O=S(=O)(CCCl)NCCC1CC1. The number of halogens is 1. The molecule has 1 fully saturated rings. The summed E-state index contributed by atoms with van der Waals surface area (Å²) in [6.07, 6.45) is 3.50. The largest absolute Gasteiger partial charge is 0.215 e. The Morgan fingerprint density at radius 1 is 1.42 bits per heavy atom. The van der Waals surface area contributed by atoms with E-state index >= 15 is 0 Å². The van der Waals surface area contributed by atoms with Gasteiger partial charge in [0.2, 0.25) is 10.0 Å². The predicted molar refractivity (Wildman–Crippen MR) is 49.9 cm³/mol. The molecule has 1 N–H and O–H groups in total. The van der Waals surface area contributed by atoms with Crippen molar-refractivity contribution < 1.29 is 8.42 Å². The predicted octanol–water partition coefficient (Wildman–Crippen LogP) is 0.945. The maximum Gasteiger partial charge on any atom is 0.212 e. The summed E-state index contributed by atoms with van der Waals surface area (Å²) in [5, 5.41) is 0. The van der Waals surface area contributed by atoms with E-state index in [4.69, 9.17) is 11.6 Å². The smallest absolute Gasteiger partial charge is 0.212 e. The van der Waals surface area contributed by atoms with E-state index in [9.17, 15) is 8.42 Å². The van der Waals surface area contributed by atoms with Crippen molar-refractivity contribution in [1.82, 2.24) is 4.72 Å². The molecule has 0 atom stereocenters. The quantitative estimate of drug-likeness (QED) is 0.665. The van der Waals surface area contributed by atoms with Crippen LogP contribution >= 0.6 is 11.6 Å². The summed E-state index contributed by atoms with van der Waals surface area (Å²) < 4.78 is 24.6. The number of alkyl halides is 1. The lowest BCUT2D eigenvalue weighted by atomic mass is 10.3. The van der Waals surface area contributed by atoms with Crippen LogP contribution in [0.1, 0.15) is 19.3 Å². The molecule has 5 heteroatoms. The summed E-state index contributed by atoms with van der Waals surface area (Å²) in [6, 6.07) is 0. The average molecular weight is 212 g/mol. The number of nitrogens with one attached hydrogen (secondary N) is 1. The Morgan fingerprint density at radius 2 is 2.08 bits per heavy atom. The molecule has 0 heterocycles. The van der Waals surface area contributed by atoms with E-state index in [1.165, 1.54) is 12.8 Å². The second-order valence-electron chi connectivity index (χ2n) is 3.13. The Hall–Kier alpha value is 0.200.